The Balaban J connectivity index is 4.55. The molecular formula is C58H89NO8. The van der Waals surface area contributed by atoms with Crippen LogP contribution in [0.4, 0.5) is 0 Å². The van der Waals surface area contributed by atoms with E-state index in [4.69, 9.17) is 18.9 Å². The van der Waals surface area contributed by atoms with Crippen LogP contribution in [0.2, 0.25) is 0 Å². The SMILES string of the molecule is CC/C=C\C/C=C\C/C=C\C/C=C\C/C=C\C/C=C\C/C=C\CCCCCC(=O)OC(COC(=O)CCC/C=C\C/C=C\C/C=C\C/C=C\C/C=C\CC)COC(OCC[N+](C)(C)C)C(=O)[O-]. The Morgan fingerprint density at radius 3 is 1.21 bits per heavy atom. The number of unbranched alkanes of at least 4 members (excludes halogenated alkanes) is 4. The summed E-state index contributed by atoms with van der Waals surface area (Å²) >= 11 is 0. The zero-order valence-electron chi connectivity index (χ0n) is 42.2. The van der Waals surface area contributed by atoms with Gasteiger partial charge in [0.15, 0.2) is 12.4 Å². The van der Waals surface area contributed by atoms with Crippen molar-refractivity contribution in [2.45, 2.75) is 155 Å². The van der Waals surface area contributed by atoms with Gasteiger partial charge in [-0.15, -0.1) is 0 Å². The van der Waals surface area contributed by atoms with Crippen LogP contribution in [-0.4, -0.2) is 82.3 Å². The molecular weight excluding hydrogens is 839 g/mol. The minimum atomic E-state index is -1.65. The van der Waals surface area contributed by atoms with E-state index in [0.717, 1.165) is 103 Å². The number of rotatable bonds is 43. The molecule has 0 saturated heterocycles. The average molecular weight is 928 g/mol. The van der Waals surface area contributed by atoms with Crippen LogP contribution < -0.4 is 5.11 Å². The molecule has 2 unspecified atom stereocenters. The molecule has 0 aliphatic carbocycles. The van der Waals surface area contributed by atoms with Crippen molar-refractivity contribution in [3.8, 4) is 0 Å². The van der Waals surface area contributed by atoms with Gasteiger partial charge in [-0.3, -0.25) is 9.59 Å². The van der Waals surface area contributed by atoms with Crippen LogP contribution in [0.25, 0.3) is 0 Å². The van der Waals surface area contributed by atoms with Gasteiger partial charge in [0, 0.05) is 12.8 Å². The number of carbonyl (C=O) groups is 3. The summed E-state index contributed by atoms with van der Waals surface area (Å²) in [7, 11) is 5.87. The number of carbonyl (C=O) groups excluding carboxylic acids is 3. The standard InChI is InChI=1S/C58H89NO8/c1-6-8-10-12-14-16-18-20-22-24-25-26-27-28-29-30-31-33-35-37-39-41-43-45-47-49-56(61)67-54(53-66-58(57(62)63)64-51-50-59(3,4)5)52-65-55(60)48-46-44-42-40-38-36-34-32-23-21-19-17-15-13-11-9-7-2/h8-11,14-17,20-23,25-26,28-29,31,33-34,36-37,39-40,42,54,58H,6-7,12-13,18-19,24,27,30,32,35,38,41,43-53H2,1-5H3/b10-8-,11-9-,16-14-,17-15-,22-20-,23-21-,26-25-,29-28-,33-31-,36-34-,39-37-,42-40-. The fourth-order valence-corrected chi connectivity index (χ4v) is 5.78. The predicted molar refractivity (Wildman–Crippen MR) is 278 cm³/mol. The second kappa shape index (κ2) is 47.7. The third-order valence-electron chi connectivity index (χ3n) is 9.58. The van der Waals surface area contributed by atoms with Crippen LogP contribution in [-0.2, 0) is 33.3 Å². The van der Waals surface area contributed by atoms with Gasteiger partial charge in [0.1, 0.15) is 13.2 Å². The lowest BCUT2D eigenvalue weighted by Gasteiger charge is -2.26. The van der Waals surface area contributed by atoms with Crippen molar-refractivity contribution in [3.63, 3.8) is 0 Å². The van der Waals surface area contributed by atoms with Crippen LogP contribution in [0.5, 0.6) is 0 Å². The minimum Gasteiger partial charge on any atom is -0.545 e. The molecule has 0 aromatic heterocycles. The Morgan fingerprint density at radius 2 is 0.821 bits per heavy atom. The Morgan fingerprint density at radius 1 is 0.448 bits per heavy atom. The molecule has 0 radical (unpaired) electrons. The molecule has 0 rings (SSSR count). The molecule has 9 nitrogen and oxygen atoms in total. The number of nitrogens with zero attached hydrogens (tertiary/aromatic N) is 1. The lowest BCUT2D eigenvalue weighted by atomic mass is 10.1. The number of allylic oxidation sites excluding steroid dienone is 24. The molecule has 0 aliphatic heterocycles. The minimum absolute atomic E-state index is 0.122. The van der Waals surface area contributed by atoms with E-state index in [0.29, 0.717) is 23.9 Å². The molecule has 0 spiro atoms. The highest BCUT2D eigenvalue weighted by molar-refractivity contribution is 5.70. The van der Waals surface area contributed by atoms with Crippen molar-refractivity contribution < 1.29 is 42.9 Å². The number of likely N-dealkylation sites (N-methyl/N-ethyl adjacent to an activating group) is 1. The largest absolute Gasteiger partial charge is 0.545 e. The number of quaternary nitrogens is 1. The van der Waals surface area contributed by atoms with Crippen LogP contribution in [0.1, 0.15) is 142 Å². The van der Waals surface area contributed by atoms with Gasteiger partial charge in [-0.25, -0.2) is 0 Å². The zero-order valence-corrected chi connectivity index (χ0v) is 42.2. The highest BCUT2D eigenvalue weighted by atomic mass is 16.7. The number of carboxylic acids is 1. The third kappa shape index (κ3) is 48.9. The molecule has 0 aromatic rings. The lowest BCUT2D eigenvalue weighted by molar-refractivity contribution is -0.870. The normalized spacial score (nSPS) is 14.1. The number of hydrogen-bond acceptors (Lipinski definition) is 8. The highest BCUT2D eigenvalue weighted by Crippen LogP contribution is 2.10. The molecule has 0 amide bonds. The quantitative estimate of drug-likeness (QED) is 0.0195. The molecule has 2 atom stereocenters. The van der Waals surface area contributed by atoms with Gasteiger partial charge in [0.25, 0.3) is 0 Å². The molecule has 0 aromatic carbocycles. The van der Waals surface area contributed by atoms with E-state index in [1.807, 2.05) is 27.2 Å². The summed E-state index contributed by atoms with van der Waals surface area (Å²) in [6.07, 6.45) is 66.1. The fraction of sp³-hybridized carbons (Fsp3) is 0.534. The van der Waals surface area contributed by atoms with Crippen molar-refractivity contribution in [3.05, 3.63) is 146 Å². The van der Waals surface area contributed by atoms with Crippen molar-refractivity contribution in [1.82, 2.24) is 0 Å². The van der Waals surface area contributed by atoms with Crippen molar-refractivity contribution in [2.75, 3.05) is 47.5 Å². The predicted octanol–water partition coefficient (Wildman–Crippen LogP) is 12.8. The van der Waals surface area contributed by atoms with E-state index in [9.17, 15) is 19.5 Å². The van der Waals surface area contributed by atoms with Crippen molar-refractivity contribution in [1.29, 1.82) is 0 Å². The van der Waals surface area contributed by atoms with E-state index < -0.39 is 30.3 Å². The highest BCUT2D eigenvalue weighted by Gasteiger charge is 2.21. The van der Waals surface area contributed by atoms with Crippen molar-refractivity contribution in [2.24, 2.45) is 0 Å². The summed E-state index contributed by atoms with van der Waals surface area (Å²) in [5, 5.41) is 11.7. The molecule has 0 bridgehead atoms. The maximum absolute atomic E-state index is 12.8. The zero-order chi connectivity index (χ0) is 49.2. The first kappa shape index (κ1) is 62.2. The summed E-state index contributed by atoms with van der Waals surface area (Å²) in [5.41, 5.74) is 0. The van der Waals surface area contributed by atoms with Crippen LogP contribution in [0.3, 0.4) is 0 Å². The van der Waals surface area contributed by atoms with E-state index in [1.165, 1.54) is 0 Å². The van der Waals surface area contributed by atoms with Gasteiger partial charge in [-0.05, 0) is 109 Å². The van der Waals surface area contributed by atoms with Gasteiger partial charge < -0.3 is 33.3 Å². The number of carboxylic acid groups (broad SMARTS) is 1. The maximum Gasteiger partial charge on any atom is 0.306 e. The second-order valence-electron chi connectivity index (χ2n) is 17.0. The maximum atomic E-state index is 12.8. The molecule has 9 heteroatoms. The molecule has 0 aliphatic rings. The van der Waals surface area contributed by atoms with Crippen LogP contribution in [0, 0.1) is 0 Å². The first-order chi connectivity index (χ1) is 32.6. The van der Waals surface area contributed by atoms with Gasteiger partial charge in [0.2, 0.25) is 0 Å². The number of hydrogen-bond donors (Lipinski definition) is 0. The summed E-state index contributed by atoms with van der Waals surface area (Å²) in [6, 6.07) is 0. The van der Waals surface area contributed by atoms with E-state index in [2.05, 4.69) is 154 Å². The summed E-state index contributed by atoms with van der Waals surface area (Å²) in [6.45, 7) is 4.36. The van der Waals surface area contributed by atoms with Crippen LogP contribution >= 0.6 is 0 Å². The Hall–Kier alpha value is -4.83. The van der Waals surface area contributed by atoms with Gasteiger partial charge >= 0.3 is 11.9 Å². The number of ether oxygens (including phenoxy) is 4. The molecule has 374 valence electrons. The lowest BCUT2D eigenvalue weighted by Crippen LogP contribution is -2.44. The Bertz CT molecular complexity index is 1600. The molecule has 0 heterocycles. The smallest absolute Gasteiger partial charge is 0.306 e. The first-order valence-corrected chi connectivity index (χ1v) is 25.0. The fourth-order valence-electron chi connectivity index (χ4n) is 5.78. The second-order valence-corrected chi connectivity index (χ2v) is 17.0. The third-order valence-corrected chi connectivity index (χ3v) is 9.58. The first-order valence-electron chi connectivity index (χ1n) is 25.0. The average Bonchev–Trinajstić information content (AvgIpc) is 3.29. The van der Waals surface area contributed by atoms with Gasteiger partial charge in [-0.1, -0.05) is 166 Å². The van der Waals surface area contributed by atoms with E-state index in [1.54, 1.807) is 0 Å². The number of aliphatic carboxylic acids is 1. The molecule has 67 heavy (non-hydrogen) atoms. The molecule has 0 N–H and O–H groups in total. The summed E-state index contributed by atoms with van der Waals surface area (Å²) < 4.78 is 22.5. The Kier molecular flexibility index (Phi) is 44.2. The topological polar surface area (TPSA) is 111 Å². The summed E-state index contributed by atoms with van der Waals surface area (Å²) in [4.78, 5) is 37.1. The molecule has 0 saturated carbocycles. The summed E-state index contributed by atoms with van der Waals surface area (Å²) in [5.74, 6) is -2.44. The van der Waals surface area contributed by atoms with E-state index in [-0.39, 0.29) is 32.7 Å². The van der Waals surface area contributed by atoms with Crippen LogP contribution in [0.15, 0.2) is 146 Å². The van der Waals surface area contributed by atoms with Crippen molar-refractivity contribution >= 4 is 17.9 Å². The van der Waals surface area contributed by atoms with E-state index >= 15 is 0 Å². The Labute approximate surface area is 407 Å². The monoisotopic (exact) mass is 928 g/mol. The number of esters is 2. The van der Waals surface area contributed by atoms with Gasteiger partial charge in [0.05, 0.1) is 40.3 Å². The van der Waals surface area contributed by atoms with Gasteiger partial charge in [-0.2, -0.15) is 0 Å². The molecule has 0 fully saturated rings.